The maximum atomic E-state index is 4.64. The Morgan fingerprint density at radius 1 is 1.40 bits per heavy atom. The first-order chi connectivity index (χ1) is 9.80. The van der Waals surface area contributed by atoms with Crippen molar-refractivity contribution in [3.63, 3.8) is 0 Å². The van der Waals surface area contributed by atoms with E-state index in [9.17, 15) is 0 Å². The maximum Gasteiger partial charge on any atom is 0.226 e. The van der Waals surface area contributed by atoms with E-state index in [1.54, 1.807) is 11.3 Å². The summed E-state index contributed by atoms with van der Waals surface area (Å²) < 4.78 is 0. The van der Waals surface area contributed by atoms with Crippen molar-refractivity contribution >= 4 is 45.1 Å². The molecule has 0 radical (unpaired) electrons. The molecule has 2 atom stereocenters. The predicted molar refractivity (Wildman–Crippen MR) is 90.1 cm³/mol. The highest BCUT2D eigenvalue weighted by molar-refractivity contribution is 7.99. The molecule has 2 aromatic rings. The number of anilines is 2. The largest absolute Gasteiger partial charge is 0.367 e. The minimum absolute atomic E-state index is 0.542. The highest BCUT2D eigenvalue weighted by atomic mass is 32.2. The zero-order valence-electron chi connectivity index (χ0n) is 11.8. The van der Waals surface area contributed by atoms with Gasteiger partial charge in [0.1, 0.15) is 10.6 Å². The SMILES string of the molecule is CCNc1nc(NC2CCC(SC)C2)c2ccsc2n1. The summed E-state index contributed by atoms with van der Waals surface area (Å²) >= 11 is 3.65. The number of aromatic nitrogens is 2. The fraction of sp³-hybridized carbons (Fsp3) is 0.571. The number of rotatable bonds is 5. The molecule has 1 saturated carbocycles. The number of hydrogen-bond acceptors (Lipinski definition) is 6. The van der Waals surface area contributed by atoms with Gasteiger partial charge in [0.05, 0.1) is 5.39 Å². The van der Waals surface area contributed by atoms with Gasteiger partial charge in [0.25, 0.3) is 0 Å². The lowest BCUT2D eigenvalue weighted by molar-refractivity contribution is 0.753. The first-order valence-corrected chi connectivity index (χ1v) is 9.25. The Kier molecular flexibility index (Phi) is 4.31. The van der Waals surface area contributed by atoms with Crippen molar-refractivity contribution in [3.8, 4) is 0 Å². The Morgan fingerprint density at radius 3 is 3.05 bits per heavy atom. The normalized spacial score (nSPS) is 22.3. The van der Waals surface area contributed by atoms with Gasteiger partial charge < -0.3 is 10.6 Å². The average Bonchev–Trinajstić information content (AvgIpc) is 3.07. The fourth-order valence-electron chi connectivity index (χ4n) is 2.68. The molecule has 0 aliphatic heterocycles. The summed E-state index contributed by atoms with van der Waals surface area (Å²) in [6, 6.07) is 2.65. The summed E-state index contributed by atoms with van der Waals surface area (Å²) in [5.74, 6) is 1.71. The van der Waals surface area contributed by atoms with Gasteiger partial charge in [-0.3, -0.25) is 0 Å². The van der Waals surface area contributed by atoms with Crippen molar-refractivity contribution in [1.29, 1.82) is 0 Å². The number of nitrogens with one attached hydrogen (secondary N) is 2. The molecule has 0 saturated heterocycles. The Morgan fingerprint density at radius 2 is 2.30 bits per heavy atom. The van der Waals surface area contributed by atoms with Gasteiger partial charge in [-0.05, 0) is 43.9 Å². The van der Waals surface area contributed by atoms with Gasteiger partial charge in [0.15, 0.2) is 0 Å². The fourth-order valence-corrected chi connectivity index (χ4v) is 4.24. The zero-order chi connectivity index (χ0) is 13.9. The molecule has 0 aromatic carbocycles. The molecule has 2 N–H and O–H groups in total. The second kappa shape index (κ2) is 6.18. The van der Waals surface area contributed by atoms with Crippen LogP contribution >= 0.6 is 23.1 Å². The van der Waals surface area contributed by atoms with Crippen molar-refractivity contribution in [2.75, 3.05) is 23.4 Å². The predicted octanol–water partition coefficient (Wildman–Crippen LogP) is 3.82. The van der Waals surface area contributed by atoms with Crippen LogP contribution in [0.15, 0.2) is 11.4 Å². The lowest BCUT2D eigenvalue weighted by Gasteiger charge is -2.15. The summed E-state index contributed by atoms with van der Waals surface area (Å²) in [6.07, 6.45) is 5.97. The lowest BCUT2D eigenvalue weighted by atomic mass is 10.2. The van der Waals surface area contributed by atoms with Crippen molar-refractivity contribution in [3.05, 3.63) is 11.4 Å². The van der Waals surface area contributed by atoms with Crippen molar-refractivity contribution in [2.45, 2.75) is 37.5 Å². The van der Waals surface area contributed by atoms with Crippen molar-refractivity contribution < 1.29 is 0 Å². The molecule has 108 valence electrons. The molecule has 2 aromatic heterocycles. The molecule has 4 nitrogen and oxygen atoms in total. The van der Waals surface area contributed by atoms with Crippen LogP contribution in [0, 0.1) is 0 Å². The molecule has 20 heavy (non-hydrogen) atoms. The molecule has 3 rings (SSSR count). The Bertz CT molecular complexity index is 584. The Balaban J connectivity index is 1.84. The Hall–Kier alpha value is -1.01. The van der Waals surface area contributed by atoms with Crippen LogP contribution in [0.4, 0.5) is 11.8 Å². The lowest BCUT2D eigenvalue weighted by Crippen LogP contribution is -2.17. The number of thioether (sulfide) groups is 1. The quantitative estimate of drug-likeness (QED) is 0.879. The number of hydrogen-bond donors (Lipinski definition) is 2. The number of fused-ring (bicyclic) bond motifs is 1. The summed E-state index contributed by atoms with van der Waals surface area (Å²) in [7, 11) is 0. The van der Waals surface area contributed by atoms with E-state index in [1.807, 2.05) is 11.8 Å². The maximum absolute atomic E-state index is 4.64. The van der Waals surface area contributed by atoms with Gasteiger partial charge in [-0.15, -0.1) is 11.3 Å². The van der Waals surface area contributed by atoms with E-state index < -0.39 is 0 Å². The zero-order valence-corrected chi connectivity index (χ0v) is 13.5. The highest BCUT2D eigenvalue weighted by Crippen LogP contribution is 2.32. The molecule has 0 amide bonds. The highest BCUT2D eigenvalue weighted by Gasteiger charge is 2.24. The van der Waals surface area contributed by atoms with E-state index in [-0.39, 0.29) is 0 Å². The van der Waals surface area contributed by atoms with Crippen LogP contribution in [-0.2, 0) is 0 Å². The molecular formula is C14H20N4S2. The molecule has 2 heterocycles. The molecule has 2 unspecified atom stereocenters. The minimum Gasteiger partial charge on any atom is -0.367 e. The van der Waals surface area contributed by atoms with E-state index >= 15 is 0 Å². The number of nitrogens with zero attached hydrogens (tertiary/aromatic N) is 2. The summed E-state index contributed by atoms with van der Waals surface area (Å²) in [5.41, 5.74) is 0. The standard InChI is InChI=1S/C14H20N4S2/c1-3-15-14-17-12(11-6-7-20-13(11)18-14)16-9-4-5-10(8-9)19-2/h6-7,9-10H,3-5,8H2,1-2H3,(H2,15,16,17,18). The summed E-state index contributed by atoms with van der Waals surface area (Å²) in [5, 5.41) is 10.9. The van der Waals surface area contributed by atoms with E-state index in [2.05, 4.69) is 45.2 Å². The van der Waals surface area contributed by atoms with E-state index in [0.717, 1.165) is 33.8 Å². The van der Waals surface area contributed by atoms with Crippen molar-refractivity contribution in [1.82, 2.24) is 9.97 Å². The van der Waals surface area contributed by atoms with Crippen LogP contribution in [0.1, 0.15) is 26.2 Å². The van der Waals surface area contributed by atoms with Crippen molar-refractivity contribution in [2.24, 2.45) is 0 Å². The van der Waals surface area contributed by atoms with Gasteiger partial charge in [0, 0.05) is 17.8 Å². The first-order valence-electron chi connectivity index (χ1n) is 7.08. The second-order valence-corrected chi connectivity index (χ2v) is 7.11. The van der Waals surface area contributed by atoms with Gasteiger partial charge in [0.2, 0.25) is 5.95 Å². The van der Waals surface area contributed by atoms with Crippen LogP contribution in [0.2, 0.25) is 0 Å². The smallest absolute Gasteiger partial charge is 0.226 e. The Labute approximate surface area is 127 Å². The first kappa shape index (κ1) is 13.9. The molecule has 6 heteroatoms. The molecule has 1 fully saturated rings. The third-order valence-corrected chi connectivity index (χ3v) is 5.62. The van der Waals surface area contributed by atoms with Crippen LogP contribution in [0.5, 0.6) is 0 Å². The summed E-state index contributed by atoms with van der Waals surface area (Å²) in [6.45, 7) is 2.91. The third kappa shape index (κ3) is 2.86. The van der Waals surface area contributed by atoms with Gasteiger partial charge >= 0.3 is 0 Å². The average molecular weight is 308 g/mol. The molecule has 1 aliphatic rings. The third-order valence-electron chi connectivity index (χ3n) is 3.72. The molecular weight excluding hydrogens is 288 g/mol. The topological polar surface area (TPSA) is 49.8 Å². The van der Waals surface area contributed by atoms with Crippen LogP contribution in [0.3, 0.4) is 0 Å². The second-order valence-electron chi connectivity index (χ2n) is 5.08. The van der Waals surface area contributed by atoms with Gasteiger partial charge in [-0.25, -0.2) is 4.98 Å². The molecule has 1 aliphatic carbocycles. The van der Waals surface area contributed by atoms with E-state index in [1.165, 1.54) is 19.3 Å². The minimum atomic E-state index is 0.542. The van der Waals surface area contributed by atoms with Gasteiger partial charge in [-0.2, -0.15) is 16.7 Å². The molecule has 0 spiro atoms. The summed E-state index contributed by atoms with van der Waals surface area (Å²) in [4.78, 5) is 10.2. The monoisotopic (exact) mass is 308 g/mol. The molecule has 0 bridgehead atoms. The number of thiophene rings is 1. The van der Waals surface area contributed by atoms with Crippen LogP contribution < -0.4 is 10.6 Å². The van der Waals surface area contributed by atoms with Crippen LogP contribution in [0.25, 0.3) is 10.2 Å². The van der Waals surface area contributed by atoms with Gasteiger partial charge in [-0.1, -0.05) is 0 Å². The van der Waals surface area contributed by atoms with E-state index in [4.69, 9.17) is 0 Å². The van der Waals surface area contributed by atoms with Crippen LogP contribution in [-0.4, -0.2) is 34.1 Å². The van der Waals surface area contributed by atoms with E-state index in [0.29, 0.717) is 6.04 Å².